The van der Waals surface area contributed by atoms with Crippen LogP contribution in [0.15, 0.2) is 24.3 Å². The molecule has 0 unspecified atom stereocenters. The van der Waals surface area contributed by atoms with Crippen LogP contribution < -0.4 is 14.8 Å². The maximum Gasteiger partial charge on any atom is 0.411 e. The maximum absolute atomic E-state index is 12.7. The third-order valence-corrected chi connectivity index (χ3v) is 5.24. The Hall–Kier alpha value is -3.26. The fourth-order valence-electron chi connectivity index (χ4n) is 3.67. The molecule has 2 aliphatic heterocycles. The van der Waals surface area contributed by atoms with E-state index < -0.39 is 12.8 Å². The van der Waals surface area contributed by atoms with Gasteiger partial charge in [0.1, 0.15) is 19.0 Å². The first kappa shape index (κ1) is 22.0. The molecule has 1 N–H and O–H groups in total. The minimum absolute atomic E-state index is 0.0612. The van der Waals surface area contributed by atoms with E-state index in [4.69, 9.17) is 19.5 Å². The Morgan fingerprint density at radius 2 is 2.16 bits per heavy atom. The number of nitrogens with zero attached hydrogens (tertiary/aromatic N) is 3. The van der Waals surface area contributed by atoms with E-state index in [1.807, 2.05) is 0 Å². The first-order chi connectivity index (χ1) is 15.3. The van der Waals surface area contributed by atoms with Gasteiger partial charge in [0.15, 0.2) is 5.69 Å². The molecule has 0 radical (unpaired) electrons. The Morgan fingerprint density at radius 1 is 1.31 bits per heavy atom. The molecule has 2 aromatic rings. The van der Waals surface area contributed by atoms with Crippen LogP contribution in [0.3, 0.4) is 0 Å². The zero-order valence-corrected chi connectivity index (χ0v) is 17.0. The number of hydrogen-bond acceptors (Lipinski definition) is 6. The SMILES string of the molecule is N#Cc1ccc2c(c1)C[C@@H](NC(=O)c1cc3n(n1)CC[C@H](COCC(F)(F)F)CO3)CO2. The molecule has 0 saturated heterocycles. The summed E-state index contributed by atoms with van der Waals surface area (Å²) in [5.41, 5.74) is 1.56. The average Bonchev–Trinajstić information content (AvgIpc) is 3.08. The minimum atomic E-state index is -4.36. The quantitative estimate of drug-likeness (QED) is 0.752. The summed E-state index contributed by atoms with van der Waals surface area (Å²) in [4.78, 5) is 12.7. The van der Waals surface area contributed by atoms with E-state index in [0.29, 0.717) is 43.2 Å². The van der Waals surface area contributed by atoms with Crippen LogP contribution in [0.1, 0.15) is 28.0 Å². The predicted octanol–water partition coefficient (Wildman–Crippen LogP) is 2.47. The summed E-state index contributed by atoms with van der Waals surface area (Å²) in [6.07, 6.45) is -3.31. The van der Waals surface area contributed by atoms with Crippen LogP contribution in [0.5, 0.6) is 11.6 Å². The summed E-state index contributed by atoms with van der Waals surface area (Å²) in [5.74, 6) is 0.504. The number of ether oxygens (including phenoxy) is 3. The molecular weight excluding hydrogens is 429 g/mol. The van der Waals surface area contributed by atoms with Gasteiger partial charge in [-0.2, -0.15) is 23.5 Å². The summed E-state index contributed by atoms with van der Waals surface area (Å²) in [6, 6.07) is 8.50. The Balaban J connectivity index is 1.31. The number of benzene rings is 1. The van der Waals surface area contributed by atoms with Gasteiger partial charge in [-0.15, -0.1) is 0 Å². The number of nitriles is 1. The normalized spacial score (nSPS) is 20.1. The maximum atomic E-state index is 12.7. The van der Waals surface area contributed by atoms with E-state index in [9.17, 15) is 18.0 Å². The van der Waals surface area contributed by atoms with Gasteiger partial charge < -0.3 is 19.5 Å². The monoisotopic (exact) mass is 450 g/mol. The van der Waals surface area contributed by atoms with Gasteiger partial charge in [0.25, 0.3) is 5.91 Å². The summed E-state index contributed by atoms with van der Waals surface area (Å²) in [7, 11) is 0. The van der Waals surface area contributed by atoms with Crippen LogP contribution in [-0.2, 0) is 17.7 Å². The Morgan fingerprint density at radius 3 is 2.94 bits per heavy atom. The van der Waals surface area contributed by atoms with Crippen molar-refractivity contribution in [1.82, 2.24) is 15.1 Å². The molecule has 0 spiro atoms. The second kappa shape index (κ2) is 9.08. The first-order valence-corrected chi connectivity index (χ1v) is 10.1. The highest BCUT2D eigenvalue weighted by Crippen LogP contribution is 2.26. The average molecular weight is 450 g/mol. The number of alkyl halides is 3. The molecule has 3 heterocycles. The molecular formula is C21H21F3N4O4. The van der Waals surface area contributed by atoms with Crippen molar-refractivity contribution in [3.8, 4) is 17.7 Å². The molecule has 4 rings (SSSR count). The molecule has 2 atom stereocenters. The number of amides is 1. The van der Waals surface area contributed by atoms with Crippen molar-refractivity contribution in [3.05, 3.63) is 41.1 Å². The highest BCUT2D eigenvalue weighted by molar-refractivity contribution is 5.92. The number of fused-ring (bicyclic) bond motifs is 2. The molecule has 0 saturated carbocycles. The van der Waals surface area contributed by atoms with Crippen molar-refractivity contribution in [1.29, 1.82) is 5.26 Å². The van der Waals surface area contributed by atoms with E-state index >= 15 is 0 Å². The molecule has 8 nitrogen and oxygen atoms in total. The van der Waals surface area contributed by atoms with Crippen LogP contribution in [0.4, 0.5) is 13.2 Å². The highest BCUT2D eigenvalue weighted by Gasteiger charge is 2.29. The van der Waals surface area contributed by atoms with E-state index in [0.717, 1.165) is 5.56 Å². The lowest BCUT2D eigenvalue weighted by atomic mass is 10.0. The summed E-state index contributed by atoms with van der Waals surface area (Å²) >= 11 is 0. The number of carbonyl (C=O) groups is 1. The van der Waals surface area contributed by atoms with Gasteiger partial charge in [-0.3, -0.25) is 4.79 Å². The highest BCUT2D eigenvalue weighted by atomic mass is 19.4. The number of rotatable bonds is 5. The number of carbonyl (C=O) groups excluding carboxylic acids is 1. The number of hydrogen-bond donors (Lipinski definition) is 1. The van der Waals surface area contributed by atoms with Crippen LogP contribution in [0.25, 0.3) is 0 Å². The summed E-state index contributed by atoms with van der Waals surface area (Å²) in [6.45, 7) is -0.465. The fourth-order valence-corrected chi connectivity index (χ4v) is 3.67. The second-order valence-electron chi connectivity index (χ2n) is 7.81. The zero-order valence-electron chi connectivity index (χ0n) is 17.0. The predicted molar refractivity (Wildman–Crippen MR) is 104 cm³/mol. The standard InChI is InChI=1S/C21H21F3N4O4/c22-21(23,24)12-30-9-14-3-4-28-19(32-10-14)7-17(27-28)20(29)26-16-6-15-5-13(8-25)1-2-18(15)31-11-16/h1-2,5,7,14,16H,3-4,6,9-12H2,(H,26,29)/t14-,16-/m1/s1. The van der Waals surface area contributed by atoms with Crippen molar-refractivity contribution in [3.63, 3.8) is 0 Å². The number of nitrogens with one attached hydrogen (secondary N) is 1. The van der Waals surface area contributed by atoms with Crippen molar-refractivity contribution in [2.75, 3.05) is 26.4 Å². The Kier molecular flexibility index (Phi) is 6.23. The number of aromatic nitrogens is 2. The summed E-state index contributed by atoms with van der Waals surface area (Å²) in [5, 5.41) is 16.2. The Bertz CT molecular complexity index is 1010. The minimum Gasteiger partial charge on any atom is -0.491 e. The van der Waals surface area contributed by atoms with Crippen LogP contribution in [0, 0.1) is 17.2 Å². The molecule has 1 aromatic heterocycles. The van der Waals surface area contributed by atoms with E-state index in [1.54, 1.807) is 18.2 Å². The fraction of sp³-hybridized carbons (Fsp3) is 0.476. The van der Waals surface area contributed by atoms with Crippen molar-refractivity contribution in [2.45, 2.75) is 31.6 Å². The first-order valence-electron chi connectivity index (χ1n) is 10.1. The third-order valence-electron chi connectivity index (χ3n) is 5.24. The number of halogens is 3. The van der Waals surface area contributed by atoms with Crippen LogP contribution >= 0.6 is 0 Å². The van der Waals surface area contributed by atoms with Gasteiger partial charge >= 0.3 is 6.18 Å². The molecule has 32 heavy (non-hydrogen) atoms. The van der Waals surface area contributed by atoms with Gasteiger partial charge in [-0.1, -0.05) is 0 Å². The topological polar surface area (TPSA) is 98.4 Å². The smallest absolute Gasteiger partial charge is 0.411 e. The van der Waals surface area contributed by atoms with Gasteiger partial charge in [0, 0.05) is 18.5 Å². The second-order valence-corrected chi connectivity index (χ2v) is 7.81. The third kappa shape index (κ3) is 5.31. The van der Waals surface area contributed by atoms with Crippen molar-refractivity contribution in [2.24, 2.45) is 5.92 Å². The van der Waals surface area contributed by atoms with Gasteiger partial charge in [0.2, 0.25) is 5.88 Å². The zero-order chi connectivity index (χ0) is 22.7. The molecule has 2 aliphatic rings. The molecule has 0 fully saturated rings. The van der Waals surface area contributed by atoms with Gasteiger partial charge in [0.05, 0.1) is 30.9 Å². The molecule has 1 amide bonds. The Labute approximate surface area is 181 Å². The van der Waals surface area contributed by atoms with Gasteiger partial charge in [-0.05, 0) is 36.6 Å². The molecule has 0 bridgehead atoms. The number of aryl methyl sites for hydroxylation is 1. The molecule has 170 valence electrons. The van der Waals surface area contributed by atoms with E-state index in [2.05, 4.69) is 16.5 Å². The lowest BCUT2D eigenvalue weighted by molar-refractivity contribution is -0.177. The lowest BCUT2D eigenvalue weighted by Crippen LogP contribution is -2.42. The van der Waals surface area contributed by atoms with Gasteiger partial charge in [-0.25, -0.2) is 4.68 Å². The van der Waals surface area contributed by atoms with E-state index in [1.165, 1.54) is 10.7 Å². The molecule has 0 aliphatic carbocycles. The molecule has 11 heteroatoms. The van der Waals surface area contributed by atoms with E-state index in [-0.39, 0.29) is 36.8 Å². The van der Waals surface area contributed by atoms with Crippen LogP contribution in [0.2, 0.25) is 0 Å². The largest absolute Gasteiger partial charge is 0.491 e. The van der Waals surface area contributed by atoms with Crippen LogP contribution in [-0.4, -0.2) is 54.3 Å². The van der Waals surface area contributed by atoms with Crippen molar-refractivity contribution >= 4 is 5.91 Å². The lowest BCUT2D eigenvalue weighted by Gasteiger charge is -2.25. The summed E-state index contributed by atoms with van der Waals surface area (Å²) < 4.78 is 54.2. The van der Waals surface area contributed by atoms with Crippen molar-refractivity contribution < 1.29 is 32.2 Å². The molecule has 1 aromatic carbocycles.